The van der Waals surface area contributed by atoms with Crippen LogP contribution in [0.4, 0.5) is 5.69 Å². The number of anilines is 1. The number of halogens is 1. The van der Waals surface area contributed by atoms with Crippen molar-refractivity contribution in [2.24, 2.45) is 5.73 Å². The largest absolute Gasteiger partial charge is 0.467 e. The van der Waals surface area contributed by atoms with E-state index in [1.165, 1.54) is 0 Å². The zero-order valence-corrected chi connectivity index (χ0v) is 12.0. The molecule has 0 saturated carbocycles. The van der Waals surface area contributed by atoms with Gasteiger partial charge in [0, 0.05) is 23.3 Å². The van der Waals surface area contributed by atoms with Crippen molar-refractivity contribution < 1.29 is 4.42 Å². The summed E-state index contributed by atoms with van der Waals surface area (Å²) in [5, 5.41) is 0.713. The minimum atomic E-state index is -0.0540. The summed E-state index contributed by atoms with van der Waals surface area (Å²) >= 11 is 6.28. The fourth-order valence-corrected chi connectivity index (χ4v) is 2.41. The summed E-state index contributed by atoms with van der Waals surface area (Å²) < 4.78 is 5.38. The van der Waals surface area contributed by atoms with Gasteiger partial charge in [0.05, 0.1) is 12.8 Å². The van der Waals surface area contributed by atoms with Crippen LogP contribution in [0.25, 0.3) is 0 Å². The summed E-state index contributed by atoms with van der Waals surface area (Å²) in [7, 11) is 0. The molecule has 2 N–H and O–H groups in total. The van der Waals surface area contributed by atoms with E-state index in [-0.39, 0.29) is 6.04 Å². The smallest absolute Gasteiger partial charge is 0.123 e. The van der Waals surface area contributed by atoms with E-state index >= 15 is 0 Å². The maximum Gasteiger partial charge on any atom is 0.123 e. The topological polar surface area (TPSA) is 42.4 Å². The van der Waals surface area contributed by atoms with Gasteiger partial charge in [-0.15, -0.1) is 0 Å². The van der Waals surface area contributed by atoms with E-state index in [9.17, 15) is 0 Å². The number of furan rings is 1. The molecule has 0 aliphatic carbocycles. The number of hydrogen-bond donors (Lipinski definition) is 1. The second-order valence-electron chi connectivity index (χ2n) is 4.59. The van der Waals surface area contributed by atoms with Gasteiger partial charge >= 0.3 is 0 Å². The van der Waals surface area contributed by atoms with Gasteiger partial charge in [-0.2, -0.15) is 0 Å². The van der Waals surface area contributed by atoms with Gasteiger partial charge in [-0.3, -0.25) is 0 Å². The molecule has 0 amide bonds. The molecular formula is C15H19ClN2O. The second kappa shape index (κ2) is 6.13. The molecule has 1 aromatic carbocycles. The van der Waals surface area contributed by atoms with Gasteiger partial charge in [0.2, 0.25) is 0 Å². The van der Waals surface area contributed by atoms with Gasteiger partial charge in [0.1, 0.15) is 5.76 Å². The quantitative estimate of drug-likeness (QED) is 0.899. The van der Waals surface area contributed by atoms with Gasteiger partial charge in [-0.05, 0) is 43.7 Å². The van der Waals surface area contributed by atoms with E-state index in [2.05, 4.69) is 17.9 Å². The Kier molecular flexibility index (Phi) is 4.51. The molecule has 2 rings (SSSR count). The van der Waals surface area contributed by atoms with Crippen LogP contribution in [0.15, 0.2) is 41.0 Å². The molecule has 1 atom stereocenters. The molecule has 0 aliphatic rings. The van der Waals surface area contributed by atoms with E-state index in [1.54, 1.807) is 6.26 Å². The minimum absolute atomic E-state index is 0.0540. The monoisotopic (exact) mass is 278 g/mol. The first kappa shape index (κ1) is 14.0. The Bertz CT molecular complexity index is 523. The highest BCUT2D eigenvalue weighted by Crippen LogP contribution is 2.27. The number of rotatable bonds is 5. The number of hydrogen-bond acceptors (Lipinski definition) is 3. The average molecular weight is 279 g/mol. The number of nitrogens with two attached hydrogens (primary N) is 1. The van der Waals surface area contributed by atoms with Crippen molar-refractivity contribution in [1.82, 2.24) is 0 Å². The highest BCUT2D eigenvalue weighted by Gasteiger charge is 2.11. The molecule has 0 fully saturated rings. The molecule has 1 aromatic heterocycles. The van der Waals surface area contributed by atoms with E-state index in [1.807, 2.05) is 31.2 Å². The summed E-state index contributed by atoms with van der Waals surface area (Å²) in [5.74, 6) is 0.939. The first-order valence-corrected chi connectivity index (χ1v) is 6.82. The molecule has 4 heteroatoms. The van der Waals surface area contributed by atoms with E-state index in [4.69, 9.17) is 21.8 Å². The standard InChI is InChI=1S/C15H19ClN2O/c1-3-18(10-13-5-4-8-19-13)12-6-7-14(11(2)17)15(16)9-12/h4-9,11H,3,10,17H2,1-2H3. The summed E-state index contributed by atoms with van der Waals surface area (Å²) in [4.78, 5) is 2.20. The van der Waals surface area contributed by atoms with Gasteiger partial charge in [-0.25, -0.2) is 0 Å². The SMILES string of the molecule is CCN(Cc1ccco1)c1ccc(C(C)N)c(Cl)c1. The van der Waals surface area contributed by atoms with Crippen molar-refractivity contribution in [3.63, 3.8) is 0 Å². The number of nitrogens with zero attached hydrogens (tertiary/aromatic N) is 1. The highest BCUT2D eigenvalue weighted by atomic mass is 35.5. The van der Waals surface area contributed by atoms with E-state index in [0.29, 0.717) is 5.02 Å². The molecule has 102 valence electrons. The first-order chi connectivity index (χ1) is 9.11. The molecule has 0 radical (unpaired) electrons. The normalized spacial score (nSPS) is 12.4. The molecule has 0 spiro atoms. The van der Waals surface area contributed by atoms with Crippen LogP contribution in [0.5, 0.6) is 0 Å². The fraction of sp³-hybridized carbons (Fsp3) is 0.333. The van der Waals surface area contributed by atoms with Crippen LogP contribution in [0.2, 0.25) is 5.02 Å². The Morgan fingerprint density at radius 1 is 1.37 bits per heavy atom. The lowest BCUT2D eigenvalue weighted by Crippen LogP contribution is -2.21. The van der Waals surface area contributed by atoms with Gasteiger partial charge in [-0.1, -0.05) is 17.7 Å². The lowest BCUT2D eigenvalue weighted by atomic mass is 10.1. The summed E-state index contributed by atoms with van der Waals surface area (Å²) in [6, 6.07) is 9.83. The van der Waals surface area contributed by atoms with Gasteiger partial charge in [0.25, 0.3) is 0 Å². The summed E-state index contributed by atoms with van der Waals surface area (Å²) in [6.07, 6.45) is 1.69. The molecule has 2 aromatic rings. The predicted octanol–water partition coefficient (Wildman–Crippen LogP) is 3.98. The Labute approximate surface area is 119 Å². The number of benzene rings is 1. The predicted molar refractivity (Wildman–Crippen MR) is 79.5 cm³/mol. The first-order valence-electron chi connectivity index (χ1n) is 6.44. The Morgan fingerprint density at radius 3 is 2.68 bits per heavy atom. The van der Waals surface area contributed by atoms with Crippen LogP contribution in [-0.2, 0) is 6.54 Å². The Morgan fingerprint density at radius 2 is 2.16 bits per heavy atom. The molecular weight excluding hydrogens is 260 g/mol. The minimum Gasteiger partial charge on any atom is -0.467 e. The third-order valence-electron chi connectivity index (χ3n) is 3.15. The third-order valence-corrected chi connectivity index (χ3v) is 3.48. The van der Waals surface area contributed by atoms with Crippen LogP contribution in [-0.4, -0.2) is 6.54 Å². The van der Waals surface area contributed by atoms with Crippen molar-refractivity contribution in [2.45, 2.75) is 26.4 Å². The van der Waals surface area contributed by atoms with Crippen molar-refractivity contribution in [3.8, 4) is 0 Å². The fourth-order valence-electron chi connectivity index (χ4n) is 2.06. The van der Waals surface area contributed by atoms with Gasteiger partial charge < -0.3 is 15.1 Å². The van der Waals surface area contributed by atoms with Crippen LogP contribution < -0.4 is 10.6 Å². The zero-order valence-electron chi connectivity index (χ0n) is 11.3. The molecule has 1 heterocycles. The molecule has 1 unspecified atom stereocenters. The lowest BCUT2D eigenvalue weighted by molar-refractivity contribution is 0.503. The summed E-state index contributed by atoms with van der Waals surface area (Å²) in [6.45, 7) is 5.66. The zero-order chi connectivity index (χ0) is 13.8. The van der Waals surface area contributed by atoms with Crippen LogP contribution in [0, 0.1) is 0 Å². The Hall–Kier alpha value is -1.45. The molecule has 19 heavy (non-hydrogen) atoms. The highest BCUT2D eigenvalue weighted by molar-refractivity contribution is 6.31. The van der Waals surface area contributed by atoms with Crippen LogP contribution in [0.1, 0.15) is 31.2 Å². The second-order valence-corrected chi connectivity index (χ2v) is 5.00. The van der Waals surface area contributed by atoms with Crippen molar-refractivity contribution in [3.05, 3.63) is 52.9 Å². The van der Waals surface area contributed by atoms with Crippen molar-refractivity contribution >= 4 is 17.3 Å². The van der Waals surface area contributed by atoms with E-state index in [0.717, 1.165) is 30.1 Å². The van der Waals surface area contributed by atoms with Crippen LogP contribution in [0.3, 0.4) is 0 Å². The third kappa shape index (κ3) is 3.31. The summed E-state index contributed by atoms with van der Waals surface area (Å²) in [5.41, 5.74) is 7.92. The van der Waals surface area contributed by atoms with Crippen molar-refractivity contribution in [2.75, 3.05) is 11.4 Å². The molecule has 3 nitrogen and oxygen atoms in total. The molecule has 0 bridgehead atoms. The average Bonchev–Trinajstić information content (AvgIpc) is 2.88. The van der Waals surface area contributed by atoms with Gasteiger partial charge in [0.15, 0.2) is 0 Å². The molecule has 0 saturated heterocycles. The lowest BCUT2D eigenvalue weighted by Gasteiger charge is -2.23. The van der Waals surface area contributed by atoms with Crippen molar-refractivity contribution in [1.29, 1.82) is 0 Å². The maximum atomic E-state index is 6.28. The van der Waals surface area contributed by atoms with Crippen LogP contribution >= 0.6 is 11.6 Å². The van der Waals surface area contributed by atoms with E-state index < -0.39 is 0 Å². The maximum absolute atomic E-state index is 6.28. The molecule has 0 aliphatic heterocycles. The Balaban J connectivity index is 2.21.